The first-order valence-electron chi connectivity index (χ1n) is 9.67. The zero-order chi connectivity index (χ0) is 18.5. The number of benzene rings is 1. The summed E-state index contributed by atoms with van der Waals surface area (Å²) in [6.07, 6.45) is 2.34. The molecule has 4 aliphatic heterocycles. The molecule has 0 aliphatic carbocycles. The number of fused-ring (bicyclic) bond motifs is 4. The van der Waals surface area contributed by atoms with Crippen molar-refractivity contribution in [3.63, 3.8) is 0 Å². The molecule has 3 saturated heterocycles. The van der Waals surface area contributed by atoms with E-state index in [1.54, 1.807) is 6.07 Å². The quantitative estimate of drug-likeness (QED) is 0.821. The standard InChI is InChI=1S/C20H28ClN3O2.ClH/c1-4-24-12-20(2,3)26-18-15(9-14(21)10-17(18)24)19(25)22-16-11-23-7-5-13(16)6-8-23;/h9-10,13,16H,4-8,11-12H2,1-3H3,(H,22,25);1H. The molecular formula is C20H29Cl2N3O2. The number of hydrogen-bond acceptors (Lipinski definition) is 4. The summed E-state index contributed by atoms with van der Waals surface area (Å²) >= 11 is 6.35. The van der Waals surface area contributed by atoms with Gasteiger partial charge >= 0.3 is 0 Å². The second-order valence-electron chi connectivity index (χ2n) is 8.40. The van der Waals surface area contributed by atoms with E-state index < -0.39 is 0 Å². The lowest BCUT2D eigenvalue weighted by Gasteiger charge is -2.45. The van der Waals surface area contributed by atoms with Crippen LogP contribution in [0.2, 0.25) is 5.02 Å². The highest BCUT2D eigenvalue weighted by Gasteiger charge is 2.37. The van der Waals surface area contributed by atoms with Crippen molar-refractivity contribution in [3.8, 4) is 5.75 Å². The number of anilines is 1. The smallest absolute Gasteiger partial charge is 0.255 e. The summed E-state index contributed by atoms with van der Waals surface area (Å²) in [6, 6.07) is 3.87. The van der Waals surface area contributed by atoms with E-state index in [2.05, 4.69) is 35.9 Å². The van der Waals surface area contributed by atoms with Crippen LogP contribution in [-0.2, 0) is 0 Å². The number of carbonyl (C=O) groups is 1. The van der Waals surface area contributed by atoms with Crippen LogP contribution < -0.4 is 15.0 Å². The van der Waals surface area contributed by atoms with Gasteiger partial charge in [-0.2, -0.15) is 0 Å². The Kier molecular flexibility index (Phi) is 5.85. The van der Waals surface area contributed by atoms with Gasteiger partial charge in [-0.05, 0) is 64.8 Å². The molecule has 5 rings (SSSR count). The van der Waals surface area contributed by atoms with Gasteiger partial charge < -0.3 is 19.9 Å². The molecule has 5 nitrogen and oxygen atoms in total. The molecule has 27 heavy (non-hydrogen) atoms. The van der Waals surface area contributed by atoms with Gasteiger partial charge in [0, 0.05) is 24.2 Å². The first-order valence-corrected chi connectivity index (χ1v) is 10.0. The number of ether oxygens (including phenoxy) is 1. The van der Waals surface area contributed by atoms with Crippen LogP contribution in [0.3, 0.4) is 0 Å². The van der Waals surface area contributed by atoms with Crippen LogP contribution in [0.5, 0.6) is 5.75 Å². The van der Waals surface area contributed by atoms with Crippen LogP contribution in [0, 0.1) is 5.92 Å². The maximum absolute atomic E-state index is 13.1. The van der Waals surface area contributed by atoms with E-state index in [0.29, 0.717) is 22.3 Å². The number of hydrogen-bond donors (Lipinski definition) is 1. The predicted molar refractivity (Wildman–Crippen MR) is 112 cm³/mol. The zero-order valence-electron chi connectivity index (χ0n) is 16.3. The lowest BCUT2D eigenvalue weighted by molar-refractivity contribution is 0.0610. The Labute approximate surface area is 172 Å². The number of halogens is 2. The first-order chi connectivity index (χ1) is 12.4. The molecule has 4 aliphatic rings. The van der Waals surface area contributed by atoms with Gasteiger partial charge in [0.15, 0.2) is 5.75 Å². The van der Waals surface area contributed by atoms with E-state index in [1.807, 2.05) is 6.07 Å². The molecule has 0 radical (unpaired) electrons. The monoisotopic (exact) mass is 413 g/mol. The summed E-state index contributed by atoms with van der Waals surface area (Å²) in [7, 11) is 0. The third kappa shape index (κ3) is 4.01. The van der Waals surface area contributed by atoms with E-state index in [0.717, 1.165) is 38.4 Å². The van der Waals surface area contributed by atoms with E-state index in [-0.39, 0.29) is 30.0 Å². The van der Waals surface area contributed by atoms with Gasteiger partial charge in [-0.3, -0.25) is 4.79 Å². The van der Waals surface area contributed by atoms with Gasteiger partial charge in [-0.25, -0.2) is 0 Å². The lowest BCUT2D eigenvalue weighted by Crippen LogP contribution is -2.57. The summed E-state index contributed by atoms with van der Waals surface area (Å²) in [4.78, 5) is 17.8. The van der Waals surface area contributed by atoms with Crippen LogP contribution in [0.1, 0.15) is 44.0 Å². The average Bonchev–Trinajstić information content (AvgIpc) is 2.61. The second kappa shape index (κ2) is 7.69. The number of likely N-dealkylation sites (N-methyl/N-ethyl adjacent to an activating group) is 1. The van der Waals surface area contributed by atoms with Crippen molar-refractivity contribution in [1.29, 1.82) is 0 Å². The topological polar surface area (TPSA) is 44.8 Å². The summed E-state index contributed by atoms with van der Waals surface area (Å²) < 4.78 is 6.24. The van der Waals surface area contributed by atoms with Crippen molar-refractivity contribution >= 4 is 35.6 Å². The Bertz CT molecular complexity index is 717. The number of amides is 1. The molecule has 7 heteroatoms. The SMILES string of the molecule is CCN1CC(C)(C)Oc2c(C(=O)NC3CN4CCC3CC4)cc(Cl)cc21.Cl. The van der Waals surface area contributed by atoms with E-state index >= 15 is 0 Å². The van der Waals surface area contributed by atoms with Crippen LogP contribution >= 0.6 is 24.0 Å². The van der Waals surface area contributed by atoms with E-state index in [9.17, 15) is 4.79 Å². The molecular weight excluding hydrogens is 385 g/mol. The fourth-order valence-corrected chi connectivity index (χ4v) is 4.81. The first kappa shape index (κ1) is 20.6. The number of rotatable bonds is 3. The van der Waals surface area contributed by atoms with Crippen molar-refractivity contribution in [2.45, 2.75) is 45.3 Å². The molecule has 150 valence electrons. The molecule has 0 saturated carbocycles. The Hall–Kier alpha value is -1.17. The summed E-state index contributed by atoms with van der Waals surface area (Å²) in [5.74, 6) is 1.17. The van der Waals surface area contributed by atoms with Gasteiger partial charge in [0.05, 0.1) is 17.8 Å². The predicted octanol–water partition coefficient (Wildman–Crippen LogP) is 3.58. The van der Waals surface area contributed by atoms with Gasteiger partial charge in [0.1, 0.15) is 5.60 Å². The fraction of sp³-hybridized carbons (Fsp3) is 0.650. The Morgan fingerprint density at radius 1 is 1.33 bits per heavy atom. The normalized spacial score (nSPS) is 28.0. The number of nitrogens with zero attached hydrogens (tertiary/aromatic N) is 2. The summed E-state index contributed by atoms with van der Waals surface area (Å²) in [5.41, 5.74) is 1.12. The van der Waals surface area contributed by atoms with Crippen LogP contribution in [0.4, 0.5) is 5.69 Å². The largest absolute Gasteiger partial charge is 0.483 e. The van der Waals surface area contributed by atoms with Crippen LogP contribution in [-0.4, -0.2) is 55.2 Å². The van der Waals surface area contributed by atoms with Crippen molar-refractivity contribution < 1.29 is 9.53 Å². The molecule has 0 spiro atoms. The second-order valence-corrected chi connectivity index (χ2v) is 8.83. The highest BCUT2D eigenvalue weighted by atomic mass is 35.5. The zero-order valence-corrected chi connectivity index (χ0v) is 17.8. The molecule has 1 N–H and O–H groups in total. The highest BCUT2D eigenvalue weighted by Crippen LogP contribution is 2.42. The minimum absolute atomic E-state index is 0. The minimum Gasteiger partial charge on any atom is -0.483 e. The Balaban J connectivity index is 0.00000210. The third-order valence-electron chi connectivity index (χ3n) is 5.92. The Morgan fingerprint density at radius 2 is 2.04 bits per heavy atom. The maximum atomic E-state index is 13.1. The van der Waals surface area contributed by atoms with Gasteiger partial charge in [0.25, 0.3) is 5.91 Å². The molecule has 0 aromatic heterocycles. The van der Waals surface area contributed by atoms with E-state index in [4.69, 9.17) is 16.3 Å². The maximum Gasteiger partial charge on any atom is 0.255 e. The molecule has 1 amide bonds. The molecule has 1 aromatic rings. The highest BCUT2D eigenvalue weighted by molar-refractivity contribution is 6.31. The van der Waals surface area contributed by atoms with E-state index in [1.165, 1.54) is 12.8 Å². The molecule has 1 atom stereocenters. The number of carbonyl (C=O) groups excluding carboxylic acids is 1. The number of nitrogens with one attached hydrogen (secondary N) is 1. The minimum atomic E-state index is -0.346. The van der Waals surface area contributed by atoms with Crippen LogP contribution in [0.15, 0.2) is 12.1 Å². The van der Waals surface area contributed by atoms with Crippen molar-refractivity contribution in [2.24, 2.45) is 5.92 Å². The number of piperidine rings is 3. The summed E-state index contributed by atoms with van der Waals surface area (Å²) in [6.45, 7) is 11.1. The van der Waals surface area contributed by atoms with Crippen molar-refractivity contribution in [1.82, 2.24) is 10.2 Å². The third-order valence-corrected chi connectivity index (χ3v) is 6.14. The lowest BCUT2D eigenvalue weighted by atomic mass is 9.84. The Morgan fingerprint density at radius 3 is 2.63 bits per heavy atom. The van der Waals surface area contributed by atoms with Gasteiger partial charge in [0.2, 0.25) is 0 Å². The van der Waals surface area contributed by atoms with Crippen molar-refractivity contribution in [2.75, 3.05) is 37.6 Å². The van der Waals surface area contributed by atoms with Gasteiger partial charge in [-0.1, -0.05) is 11.6 Å². The molecule has 1 unspecified atom stereocenters. The molecule has 3 fully saturated rings. The van der Waals surface area contributed by atoms with Gasteiger partial charge in [-0.15, -0.1) is 12.4 Å². The molecule has 4 heterocycles. The van der Waals surface area contributed by atoms with Crippen LogP contribution in [0.25, 0.3) is 0 Å². The summed E-state index contributed by atoms with van der Waals surface area (Å²) in [5, 5.41) is 3.84. The molecule has 2 bridgehead atoms. The fourth-order valence-electron chi connectivity index (χ4n) is 4.60. The molecule has 1 aromatic carbocycles. The van der Waals surface area contributed by atoms with Crippen molar-refractivity contribution in [3.05, 3.63) is 22.7 Å². The average molecular weight is 414 g/mol.